The Morgan fingerprint density at radius 2 is 2.05 bits per heavy atom. The van der Waals surface area contributed by atoms with E-state index >= 15 is 4.39 Å². The number of carbonyl (C=O) groups is 2. The van der Waals surface area contributed by atoms with Gasteiger partial charge < -0.3 is 30.2 Å². The SMILES string of the molecule is CC(=O)NC[C@H]1CN(c2ccc(N3CCN(C[C@@H](O)Cn4c([N+](=O)[O-])cnc4C)CC3)c(F)c2)C(=O)O1. The first-order valence-electron chi connectivity index (χ1n) is 12.0. The molecule has 0 radical (unpaired) electrons. The van der Waals surface area contributed by atoms with E-state index in [4.69, 9.17) is 4.74 Å². The van der Waals surface area contributed by atoms with Crippen molar-refractivity contribution in [3.05, 3.63) is 46.2 Å². The Morgan fingerprint density at radius 3 is 2.70 bits per heavy atom. The Balaban J connectivity index is 1.30. The average molecular weight is 520 g/mol. The number of aromatic nitrogens is 2. The predicted molar refractivity (Wildman–Crippen MR) is 131 cm³/mol. The van der Waals surface area contributed by atoms with E-state index < -0.39 is 29.0 Å². The first-order valence-corrected chi connectivity index (χ1v) is 12.0. The smallest absolute Gasteiger partial charge is 0.414 e. The van der Waals surface area contributed by atoms with Crippen molar-refractivity contribution in [3.8, 4) is 0 Å². The van der Waals surface area contributed by atoms with Crippen molar-refractivity contribution < 1.29 is 28.7 Å². The Bertz CT molecular complexity index is 1170. The van der Waals surface area contributed by atoms with Crippen molar-refractivity contribution in [1.29, 1.82) is 0 Å². The second-order valence-corrected chi connectivity index (χ2v) is 9.16. The van der Waals surface area contributed by atoms with Crippen molar-refractivity contribution in [2.75, 3.05) is 55.6 Å². The topological polar surface area (TPSA) is 146 Å². The number of aliphatic hydroxyl groups excluding tert-OH is 1. The third kappa shape index (κ3) is 6.14. The van der Waals surface area contributed by atoms with Gasteiger partial charge in [0.1, 0.15) is 30.8 Å². The summed E-state index contributed by atoms with van der Waals surface area (Å²) in [5.74, 6) is -0.394. The maximum atomic E-state index is 15.0. The van der Waals surface area contributed by atoms with E-state index in [2.05, 4.69) is 10.3 Å². The van der Waals surface area contributed by atoms with Crippen LogP contribution >= 0.6 is 0 Å². The first kappa shape index (κ1) is 26.3. The third-order valence-electron chi connectivity index (χ3n) is 6.49. The molecule has 2 aliphatic heterocycles. The number of cyclic esters (lactones) is 1. The summed E-state index contributed by atoms with van der Waals surface area (Å²) in [5.41, 5.74) is 0.790. The van der Waals surface area contributed by atoms with Gasteiger partial charge in [-0.2, -0.15) is 0 Å². The van der Waals surface area contributed by atoms with E-state index in [1.54, 1.807) is 19.1 Å². The van der Waals surface area contributed by atoms with Crippen LogP contribution in [0.4, 0.5) is 26.4 Å². The zero-order valence-corrected chi connectivity index (χ0v) is 20.7. The van der Waals surface area contributed by atoms with E-state index in [1.165, 1.54) is 28.7 Å². The standard InChI is InChI=1S/C23H30FN7O6/c1-15-25-11-22(31(35)36)29(15)13-18(33)12-27-5-7-28(8-6-27)21-4-3-17(9-20(21)24)30-14-19(37-23(30)34)10-26-16(2)32/h3-4,9,11,18-19,33H,5-8,10,12-14H2,1-2H3,(H,26,32)/t18-,19+/m1/s1. The zero-order chi connectivity index (χ0) is 26.7. The van der Waals surface area contributed by atoms with Gasteiger partial charge in [0.05, 0.1) is 24.5 Å². The second-order valence-electron chi connectivity index (χ2n) is 9.16. The fourth-order valence-electron chi connectivity index (χ4n) is 4.58. The van der Waals surface area contributed by atoms with Crippen LogP contribution in [0.5, 0.6) is 0 Å². The van der Waals surface area contributed by atoms with Crippen LogP contribution in [0.1, 0.15) is 12.7 Å². The van der Waals surface area contributed by atoms with Crippen LogP contribution in [-0.2, 0) is 16.1 Å². The largest absolute Gasteiger partial charge is 0.442 e. The molecule has 0 spiro atoms. The fourth-order valence-corrected chi connectivity index (χ4v) is 4.58. The van der Waals surface area contributed by atoms with Crippen LogP contribution in [-0.4, -0.2) is 94.5 Å². The first-order chi connectivity index (χ1) is 17.6. The Hall–Kier alpha value is -3.78. The van der Waals surface area contributed by atoms with Gasteiger partial charge in [0.2, 0.25) is 5.91 Å². The summed E-state index contributed by atoms with van der Waals surface area (Å²) in [6.45, 7) is 6.01. The van der Waals surface area contributed by atoms with Crippen molar-refractivity contribution in [1.82, 2.24) is 19.8 Å². The van der Waals surface area contributed by atoms with Gasteiger partial charge in [-0.1, -0.05) is 0 Å². The molecule has 2 aliphatic rings. The molecule has 2 atom stereocenters. The maximum Gasteiger partial charge on any atom is 0.414 e. The van der Waals surface area contributed by atoms with E-state index in [0.717, 1.165) is 0 Å². The molecule has 2 saturated heterocycles. The summed E-state index contributed by atoms with van der Waals surface area (Å²) in [6, 6.07) is 4.59. The summed E-state index contributed by atoms with van der Waals surface area (Å²) < 4.78 is 21.7. The van der Waals surface area contributed by atoms with Gasteiger partial charge in [0, 0.05) is 46.6 Å². The highest BCUT2D eigenvalue weighted by molar-refractivity contribution is 5.90. The van der Waals surface area contributed by atoms with Crippen LogP contribution in [0.25, 0.3) is 0 Å². The molecule has 2 amide bonds. The summed E-state index contributed by atoms with van der Waals surface area (Å²) in [7, 11) is 0. The number of amides is 2. The molecule has 200 valence electrons. The number of anilines is 2. The number of β-amino-alcohol motifs (C(OH)–C–C–N with tert-alkyl or cyclic N) is 1. The molecule has 2 aromatic rings. The molecule has 14 heteroatoms. The molecule has 0 saturated carbocycles. The van der Waals surface area contributed by atoms with E-state index in [1.807, 2.05) is 9.80 Å². The van der Waals surface area contributed by atoms with E-state index in [-0.39, 0.29) is 31.4 Å². The Morgan fingerprint density at radius 1 is 1.32 bits per heavy atom. The Kier molecular flexibility index (Phi) is 7.88. The van der Waals surface area contributed by atoms with Crippen molar-refractivity contribution in [3.63, 3.8) is 0 Å². The van der Waals surface area contributed by atoms with Gasteiger partial charge in [0.25, 0.3) is 0 Å². The van der Waals surface area contributed by atoms with Crippen LogP contribution in [0.15, 0.2) is 24.4 Å². The lowest BCUT2D eigenvalue weighted by atomic mass is 10.2. The number of benzene rings is 1. The number of nitrogens with zero attached hydrogens (tertiary/aromatic N) is 6. The average Bonchev–Trinajstić information content (AvgIpc) is 3.40. The van der Waals surface area contributed by atoms with E-state index in [9.17, 15) is 24.8 Å². The highest BCUT2D eigenvalue weighted by atomic mass is 19.1. The van der Waals surface area contributed by atoms with Gasteiger partial charge in [-0.25, -0.2) is 18.7 Å². The van der Waals surface area contributed by atoms with Crippen molar-refractivity contribution >= 4 is 29.2 Å². The van der Waals surface area contributed by atoms with Crippen LogP contribution in [0.2, 0.25) is 0 Å². The van der Waals surface area contributed by atoms with Crippen LogP contribution < -0.4 is 15.1 Å². The van der Waals surface area contributed by atoms with Crippen molar-refractivity contribution in [2.45, 2.75) is 32.6 Å². The summed E-state index contributed by atoms with van der Waals surface area (Å²) in [6.07, 6.45) is -0.751. The summed E-state index contributed by atoms with van der Waals surface area (Å²) in [5, 5.41) is 24.3. The number of rotatable bonds is 9. The minimum atomic E-state index is -0.830. The fraction of sp³-hybridized carbons (Fsp3) is 0.522. The quantitative estimate of drug-likeness (QED) is 0.364. The molecular weight excluding hydrogens is 489 g/mol. The highest BCUT2D eigenvalue weighted by Crippen LogP contribution is 2.28. The normalized spacial score (nSPS) is 19.1. The minimum Gasteiger partial charge on any atom is -0.442 e. The monoisotopic (exact) mass is 519 g/mol. The summed E-state index contributed by atoms with van der Waals surface area (Å²) >= 11 is 0. The lowest BCUT2D eigenvalue weighted by Gasteiger charge is -2.37. The van der Waals surface area contributed by atoms with Crippen molar-refractivity contribution in [2.24, 2.45) is 0 Å². The number of nitro groups is 1. The number of ether oxygens (including phenoxy) is 1. The van der Waals surface area contributed by atoms with Crippen LogP contribution in [0, 0.1) is 22.9 Å². The molecule has 1 aromatic heterocycles. The molecule has 37 heavy (non-hydrogen) atoms. The van der Waals surface area contributed by atoms with Gasteiger partial charge >= 0.3 is 11.9 Å². The zero-order valence-electron chi connectivity index (χ0n) is 20.7. The minimum absolute atomic E-state index is 0.0586. The van der Waals surface area contributed by atoms with Gasteiger partial charge in [-0.3, -0.25) is 14.6 Å². The molecule has 0 bridgehead atoms. The number of carbonyl (C=O) groups excluding carboxylic acids is 2. The van der Waals surface area contributed by atoms with Gasteiger partial charge in [-0.05, 0) is 23.1 Å². The molecule has 4 rings (SSSR count). The summed E-state index contributed by atoms with van der Waals surface area (Å²) in [4.78, 5) is 43.2. The lowest BCUT2D eigenvalue weighted by Crippen LogP contribution is -2.49. The third-order valence-corrected chi connectivity index (χ3v) is 6.49. The molecule has 2 N–H and O–H groups in total. The van der Waals surface area contributed by atoms with E-state index in [0.29, 0.717) is 49.9 Å². The number of hydrogen-bond acceptors (Lipinski definition) is 9. The molecule has 3 heterocycles. The number of hydrogen-bond donors (Lipinski definition) is 2. The van der Waals surface area contributed by atoms with Gasteiger partial charge in [0.15, 0.2) is 5.82 Å². The number of aliphatic hydroxyl groups is 1. The molecule has 1 aromatic carbocycles. The highest BCUT2D eigenvalue weighted by Gasteiger charge is 2.33. The lowest BCUT2D eigenvalue weighted by molar-refractivity contribution is -0.392. The van der Waals surface area contributed by atoms with Gasteiger partial charge in [-0.15, -0.1) is 0 Å². The Labute approximate surface area is 212 Å². The number of halogens is 1. The molecular formula is C23H30FN7O6. The maximum absolute atomic E-state index is 15.0. The number of imidazole rings is 1. The predicted octanol–water partition coefficient (Wildman–Crippen LogP) is 0.883. The molecule has 13 nitrogen and oxygen atoms in total. The second kappa shape index (κ2) is 11.1. The number of aryl methyl sites for hydroxylation is 1. The number of piperazine rings is 1. The number of nitrogens with one attached hydrogen (secondary N) is 1. The molecule has 2 fully saturated rings. The molecule has 0 aliphatic carbocycles. The molecule has 0 unspecified atom stereocenters. The van der Waals surface area contributed by atoms with Crippen LogP contribution in [0.3, 0.4) is 0 Å².